The van der Waals surface area contributed by atoms with Crippen LogP contribution in [0.1, 0.15) is 12.8 Å². The molecule has 0 spiro atoms. The van der Waals surface area contributed by atoms with Gasteiger partial charge in [-0.2, -0.15) is 13.2 Å². The maximum absolute atomic E-state index is 13.8. The van der Waals surface area contributed by atoms with Crippen molar-refractivity contribution in [1.82, 2.24) is 0 Å². The van der Waals surface area contributed by atoms with Gasteiger partial charge >= 0.3 is 12.1 Å². The number of carbonyl (C=O) groups excluding carboxylic acids is 1. The average molecular weight is 276 g/mol. The van der Waals surface area contributed by atoms with Crippen molar-refractivity contribution < 1.29 is 22.4 Å². The van der Waals surface area contributed by atoms with Gasteiger partial charge in [0.05, 0.1) is 5.69 Å². The Labute approximate surface area is 107 Å². The third-order valence-electron chi connectivity index (χ3n) is 2.91. The molecule has 3 nitrogen and oxygen atoms in total. The van der Waals surface area contributed by atoms with Crippen LogP contribution in [0.4, 0.5) is 28.9 Å². The van der Waals surface area contributed by atoms with Gasteiger partial charge in [-0.1, -0.05) is 0 Å². The van der Waals surface area contributed by atoms with Crippen molar-refractivity contribution in [3.63, 3.8) is 0 Å². The second-order valence-electron chi connectivity index (χ2n) is 4.31. The summed E-state index contributed by atoms with van der Waals surface area (Å²) < 4.78 is 49.9. The third kappa shape index (κ3) is 3.15. The number of benzene rings is 1. The maximum Gasteiger partial charge on any atom is 0.471 e. The van der Waals surface area contributed by atoms with Crippen LogP contribution in [-0.2, 0) is 4.79 Å². The molecule has 1 saturated heterocycles. The Morgan fingerprint density at radius 3 is 2.37 bits per heavy atom. The van der Waals surface area contributed by atoms with E-state index in [4.69, 9.17) is 0 Å². The summed E-state index contributed by atoms with van der Waals surface area (Å²) in [6, 6.07) is 3.55. The predicted octanol–water partition coefficient (Wildman–Crippen LogP) is 2.93. The molecule has 1 heterocycles. The Morgan fingerprint density at radius 1 is 1.21 bits per heavy atom. The minimum Gasteiger partial charge on any atom is -0.369 e. The van der Waals surface area contributed by atoms with E-state index in [1.807, 2.05) is 4.90 Å². The summed E-state index contributed by atoms with van der Waals surface area (Å²) in [4.78, 5) is 12.5. The van der Waals surface area contributed by atoms with Crippen molar-refractivity contribution >= 4 is 17.3 Å². The summed E-state index contributed by atoms with van der Waals surface area (Å²) in [6.07, 6.45) is -3.05. The molecule has 19 heavy (non-hydrogen) atoms. The average Bonchev–Trinajstić information content (AvgIpc) is 2.81. The number of alkyl halides is 3. The molecule has 0 saturated carbocycles. The highest BCUT2D eigenvalue weighted by Gasteiger charge is 2.38. The lowest BCUT2D eigenvalue weighted by atomic mass is 10.2. The van der Waals surface area contributed by atoms with E-state index in [0.717, 1.165) is 32.0 Å². The first-order chi connectivity index (χ1) is 8.88. The number of hydrogen-bond donors (Lipinski definition) is 1. The number of rotatable bonds is 2. The fourth-order valence-electron chi connectivity index (χ4n) is 2.00. The fraction of sp³-hybridized carbons (Fsp3) is 0.417. The molecule has 0 atom stereocenters. The number of hydrogen-bond acceptors (Lipinski definition) is 2. The molecule has 0 bridgehead atoms. The zero-order valence-electron chi connectivity index (χ0n) is 9.93. The van der Waals surface area contributed by atoms with Crippen LogP contribution in [0.2, 0.25) is 0 Å². The smallest absolute Gasteiger partial charge is 0.369 e. The molecule has 0 aliphatic carbocycles. The van der Waals surface area contributed by atoms with Gasteiger partial charge in [0.15, 0.2) is 0 Å². The van der Waals surface area contributed by atoms with E-state index in [1.165, 1.54) is 12.1 Å². The van der Waals surface area contributed by atoms with Gasteiger partial charge in [0, 0.05) is 18.8 Å². The van der Waals surface area contributed by atoms with Crippen LogP contribution < -0.4 is 10.2 Å². The molecule has 1 aliphatic heterocycles. The van der Waals surface area contributed by atoms with Gasteiger partial charge in [0.1, 0.15) is 5.82 Å². The molecule has 1 aliphatic rings. The minimum absolute atomic E-state index is 0.206. The molecule has 1 N–H and O–H groups in total. The molecule has 0 aromatic heterocycles. The van der Waals surface area contributed by atoms with Crippen molar-refractivity contribution in [2.75, 3.05) is 23.3 Å². The third-order valence-corrected chi connectivity index (χ3v) is 2.91. The van der Waals surface area contributed by atoms with Crippen LogP contribution in [0.5, 0.6) is 0 Å². The van der Waals surface area contributed by atoms with Crippen molar-refractivity contribution in [3.05, 3.63) is 24.0 Å². The maximum atomic E-state index is 13.8. The molecule has 1 amide bonds. The van der Waals surface area contributed by atoms with E-state index in [0.29, 0.717) is 5.69 Å². The van der Waals surface area contributed by atoms with Gasteiger partial charge in [-0.05, 0) is 31.0 Å². The molecule has 2 rings (SSSR count). The predicted molar refractivity (Wildman–Crippen MR) is 62.5 cm³/mol. The first kappa shape index (κ1) is 13.6. The van der Waals surface area contributed by atoms with Crippen molar-refractivity contribution in [2.45, 2.75) is 19.0 Å². The molecule has 7 heteroatoms. The normalized spacial score (nSPS) is 15.7. The second-order valence-corrected chi connectivity index (χ2v) is 4.31. The van der Waals surface area contributed by atoms with E-state index >= 15 is 0 Å². The highest BCUT2D eigenvalue weighted by Crippen LogP contribution is 2.27. The zero-order chi connectivity index (χ0) is 14.0. The number of anilines is 2. The summed E-state index contributed by atoms with van der Waals surface area (Å²) in [7, 11) is 0. The van der Waals surface area contributed by atoms with Crippen LogP contribution in [0.3, 0.4) is 0 Å². The van der Waals surface area contributed by atoms with Crippen molar-refractivity contribution in [3.8, 4) is 0 Å². The van der Waals surface area contributed by atoms with Crippen LogP contribution in [0, 0.1) is 5.82 Å². The van der Waals surface area contributed by atoms with E-state index < -0.39 is 17.9 Å². The lowest BCUT2D eigenvalue weighted by Gasteiger charge is -2.19. The first-order valence-electron chi connectivity index (χ1n) is 5.80. The summed E-state index contributed by atoms with van der Waals surface area (Å²) in [5.41, 5.74) is 0.144. The van der Waals surface area contributed by atoms with Crippen molar-refractivity contribution in [2.24, 2.45) is 0 Å². The van der Waals surface area contributed by atoms with Gasteiger partial charge in [-0.25, -0.2) is 4.39 Å². The number of nitrogens with zero attached hydrogens (tertiary/aromatic N) is 1. The van der Waals surface area contributed by atoms with E-state index in [2.05, 4.69) is 0 Å². The molecule has 1 fully saturated rings. The number of halogens is 4. The summed E-state index contributed by atoms with van der Waals surface area (Å²) in [6.45, 7) is 1.45. The quantitative estimate of drug-likeness (QED) is 0.842. The molecule has 0 unspecified atom stereocenters. The van der Waals surface area contributed by atoms with E-state index in [9.17, 15) is 22.4 Å². The summed E-state index contributed by atoms with van der Waals surface area (Å²) in [5.74, 6) is -2.75. The van der Waals surface area contributed by atoms with Gasteiger partial charge in [0.25, 0.3) is 0 Å². The van der Waals surface area contributed by atoms with Crippen LogP contribution >= 0.6 is 0 Å². The minimum atomic E-state index is -4.98. The molecule has 1 aromatic rings. The van der Waals surface area contributed by atoms with Crippen LogP contribution in [0.15, 0.2) is 18.2 Å². The lowest BCUT2D eigenvalue weighted by Crippen LogP contribution is -2.30. The Kier molecular flexibility index (Phi) is 3.64. The van der Waals surface area contributed by atoms with Gasteiger partial charge in [0.2, 0.25) is 0 Å². The second kappa shape index (κ2) is 5.07. The Morgan fingerprint density at radius 2 is 1.84 bits per heavy atom. The molecule has 0 radical (unpaired) electrons. The van der Waals surface area contributed by atoms with Gasteiger partial charge in [-0.3, -0.25) is 4.79 Å². The van der Waals surface area contributed by atoms with Gasteiger partial charge in [-0.15, -0.1) is 0 Å². The zero-order valence-corrected chi connectivity index (χ0v) is 9.93. The highest BCUT2D eigenvalue weighted by atomic mass is 19.4. The molecular weight excluding hydrogens is 264 g/mol. The Balaban J connectivity index is 2.12. The fourth-order valence-corrected chi connectivity index (χ4v) is 2.00. The van der Waals surface area contributed by atoms with E-state index in [1.54, 1.807) is 5.32 Å². The first-order valence-corrected chi connectivity index (χ1v) is 5.80. The standard InChI is InChI=1S/C12H12F4N2O/c13-9-7-8(17-11(19)12(14,15)16)3-4-10(9)18-5-1-2-6-18/h3-4,7H,1-2,5-6H2,(H,17,19). The molecule has 104 valence electrons. The number of carbonyl (C=O) groups is 1. The molecule has 1 aromatic carbocycles. The molecular formula is C12H12F4N2O. The highest BCUT2D eigenvalue weighted by molar-refractivity contribution is 5.95. The largest absolute Gasteiger partial charge is 0.471 e. The van der Waals surface area contributed by atoms with Gasteiger partial charge < -0.3 is 10.2 Å². The Bertz CT molecular complexity index is 481. The SMILES string of the molecule is O=C(Nc1ccc(N2CCCC2)c(F)c1)C(F)(F)F. The summed E-state index contributed by atoms with van der Waals surface area (Å²) in [5, 5.41) is 1.62. The van der Waals surface area contributed by atoms with Crippen LogP contribution in [0.25, 0.3) is 0 Å². The van der Waals surface area contributed by atoms with E-state index in [-0.39, 0.29) is 5.69 Å². The summed E-state index contributed by atoms with van der Waals surface area (Å²) >= 11 is 0. The van der Waals surface area contributed by atoms with Crippen LogP contribution in [-0.4, -0.2) is 25.2 Å². The monoisotopic (exact) mass is 276 g/mol. The topological polar surface area (TPSA) is 32.3 Å². The number of amides is 1. The Hall–Kier alpha value is -1.79. The lowest BCUT2D eigenvalue weighted by molar-refractivity contribution is -0.167. The van der Waals surface area contributed by atoms with Crippen molar-refractivity contribution in [1.29, 1.82) is 0 Å². The number of nitrogens with one attached hydrogen (secondary N) is 1.